The van der Waals surface area contributed by atoms with Crippen molar-refractivity contribution in [1.29, 1.82) is 0 Å². The summed E-state index contributed by atoms with van der Waals surface area (Å²) in [6.07, 6.45) is 6.60. The molecule has 0 atom stereocenters. The molecular formula is C16H21N3O3. The molecule has 2 rings (SSSR count). The molecule has 0 unspecified atom stereocenters. The van der Waals surface area contributed by atoms with E-state index in [0.29, 0.717) is 5.56 Å². The van der Waals surface area contributed by atoms with Crippen LogP contribution in [0.15, 0.2) is 29.4 Å². The van der Waals surface area contributed by atoms with Gasteiger partial charge in [-0.15, -0.1) is 0 Å². The molecule has 6 heteroatoms. The highest BCUT2D eigenvalue weighted by Crippen LogP contribution is 2.23. The third-order valence-corrected chi connectivity index (χ3v) is 3.67. The van der Waals surface area contributed by atoms with E-state index in [2.05, 4.69) is 15.8 Å². The fourth-order valence-electron chi connectivity index (χ4n) is 2.50. The van der Waals surface area contributed by atoms with E-state index in [1.54, 1.807) is 18.2 Å². The van der Waals surface area contributed by atoms with Crippen molar-refractivity contribution >= 4 is 18.0 Å². The summed E-state index contributed by atoms with van der Waals surface area (Å²) < 4.78 is 0. The van der Waals surface area contributed by atoms with Crippen LogP contribution in [0.3, 0.4) is 0 Å². The number of amides is 2. The predicted molar refractivity (Wildman–Crippen MR) is 83.4 cm³/mol. The number of hydrogen-bond acceptors (Lipinski definition) is 4. The lowest BCUT2D eigenvalue weighted by atomic mass is 9.89. The summed E-state index contributed by atoms with van der Waals surface area (Å²) in [5.41, 5.74) is 3.02. The van der Waals surface area contributed by atoms with Crippen LogP contribution in [0.25, 0.3) is 0 Å². The topological polar surface area (TPSA) is 90.8 Å². The summed E-state index contributed by atoms with van der Waals surface area (Å²) in [7, 11) is 0. The van der Waals surface area contributed by atoms with Gasteiger partial charge in [-0.25, -0.2) is 5.43 Å². The molecule has 1 aromatic rings. The molecule has 0 bridgehead atoms. The Morgan fingerprint density at radius 2 is 2.05 bits per heavy atom. The van der Waals surface area contributed by atoms with Crippen LogP contribution in [0.5, 0.6) is 5.75 Å². The third kappa shape index (κ3) is 5.20. The lowest BCUT2D eigenvalue weighted by Gasteiger charge is -2.20. The first kappa shape index (κ1) is 16.0. The molecule has 22 heavy (non-hydrogen) atoms. The molecule has 118 valence electrons. The van der Waals surface area contributed by atoms with E-state index in [0.717, 1.165) is 25.7 Å². The molecule has 1 aromatic carbocycles. The molecule has 0 saturated heterocycles. The minimum atomic E-state index is -0.374. The molecule has 1 aliphatic carbocycles. The zero-order chi connectivity index (χ0) is 15.8. The van der Waals surface area contributed by atoms with Crippen molar-refractivity contribution in [2.45, 2.75) is 32.1 Å². The Hall–Kier alpha value is -2.37. The van der Waals surface area contributed by atoms with Crippen molar-refractivity contribution in [2.75, 3.05) is 6.54 Å². The average Bonchev–Trinajstić information content (AvgIpc) is 2.53. The summed E-state index contributed by atoms with van der Waals surface area (Å²) in [5.74, 6) is -0.250. The summed E-state index contributed by atoms with van der Waals surface area (Å²) in [4.78, 5) is 23.5. The van der Waals surface area contributed by atoms with Crippen LogP contribution in [-0.2, 0) is 9.59 Å². The molecule has 0 heterocycles. The summed E-state index contributed by atoms with van der Waals surface area (Å²) >= 11 is 0. The standard InChI is InChI=1S/C16H21N3O3/c20-14-8-4-5-12(9-14)10-18-19-15(21)11-17-16(22)13-6-2-1-3-7-13/h4-5,8-10,13,20H,1-3,6-7,11H2,(H,17,22)(H,19,21). The number of nitrogens with one attached hydrogen (secondary N) is 2. The molecule has 2 amide bonds. The van der Waals surface area contributed by atoms with Crippen LogP contribution >= 0.6 is 0 Å². The third-order valence-electron chi connectivity index (χ3n) is 3.67. The van der Waals surface area contributed by atoms with Gasteiger partial charge in [0.1, 0.15) is 5.75 Å². The van der Waals surface area contributed by atoms with Gasteiger partial charge in [0, 0.05) is 5.92 Å². The Balaban J connectivity index is 1.70. The van der Waals surface area contributed by atoms with Crippen LogP contribution in [0.2, 0.25) is 0 Å². The van der Waals surface area contributed by atoms with Gasteiger partial charge in [0.25, 0.3) is 5.91 Å². The number of carbonyl (C=O) groups is 2. The van der Waals surface area contributed by atoms with Gasteiger partial charge in [-0.1, -0.05) is 31.4 Å². The van der Waals surface area contributed by atoms with Crippen molar-refractivity contribution in [3.8, 4) is 5.75 Å². The summed E-state index contributed by atoms with van der Waals surface area (Å²) in [6, 6.07) is 6.51. The Bertz CT molecular complexity index is 551. The molecule has 0 spiro atoms. The maximum absolute atomic E-state index is 11.9. The number of rotatable bonds is 5. The van der Waals surface area contributed by atoms with E-state index < -0.39 is 0 Å². The molecule has 1 aliphatic rings. The van der Waals surface area contributed by atoms with Gasteiger partial charge in [-0.3, -0.25) is 9.59 Å². The average molecular weight is 303 g/mol. The number of hydrogen-bond donors (Lipinski definition) is 3. The Morgan fingerprint density at radius 3 is 2.77 bits per heavy atom. The zero-order valence-corrected chi connectivity index (χ0v) is 12.4. The smallest absolute Gasteiger partial charge is 0.259 e. The lowest BCUT2D eigenvalue weighted by Crippen LogP contribution is -2.38. The van der Waals surface area contributed by atoms with Crippen molar-refractivity contribution < 1.29 is 14.7 Å². The highest BCUT2D eigenvalue weighted by molar-refractivity contribution is 5.87. The molecule has 1 saturated carbocycles. The molecule has 6 nitrogen and oxygen atoms in total. The first-order valence-corrected chi connectivity index (χ1v) is 7.54. The molecule has 3 N–H and O–H groups in total. The monoisotopic (exact) mass is 303 g/mol. The second kappa shape index (κ2) is 8.17. The Kier molecular flexibility index (Phi) is 5.94. The second-order valence-electron chi connectivity index (χ2n) is 5.44. The number of carbonyl (C=O) groups excluding carboxylic acids is 2. The van der Waals surface area contributed by atoms with E-state index in [1.807, 2.05) is 0 Å². The van der Waals surface area contributed by atoms with E-state index in [9.17, 15) is 14.7 Å². The van der Waals surface area contributed by atoms with Crippen LogP contribution < -0.4 is 10.7 Å². The van der Waals surface area contributed by atoms with Crippen LogP contribution in [0.1, 0.15) is 37.7 Å². The van der Waals surface area contributed by atoms with Gasteiger partial charge >= 0.3 is 0 Å². The summed E-state index contributed by atoms with van der Waals surface area (Å²) in [6.45, 7) is -0.0767. The minimum absolute atomic E-state index is 0.0392. The minimum Gasteiger partial charge on any atom is -0.508 e. The first-order chi connectivity index (χ1) is 10.6. The fraction of sp³-hybridized carbons (Fsp3) is 0.438. The van der Waals surface area contributed by atoms with Crippen molar-refractivity contribution in [3.05, 3.63) is 29.8 Å². The highest BCUT2D eigenvalue weighted by atomic mass is 16.3. The van der Waals surface area contributed by atoms with Gasteiger partial charge in [0.2, 0.25) is 5.91 Å². The number of phenols is 1. The zero-order valence-electron chi connectivity index (χ0n) is 12.4. The normalized spacial score (nSPS) is 15.6. The SMILES string of the molecule is O=C(CNC(=O)C1CCCCC1)NN=Cc1cccc(O)c1. The van der Waals surface area contributed by atoms with Crippen molar-refractivity contribution in [3.63, 3.8) is 0 Å². The molecule has 0 radical (unpaired) electrons. The van der Waals surface area contributed by atoms with E-state index in [4.69, 9.17) is 0 Å². The van der Waals surface area contributed by atoms with Gasteiger partial charge < -0.3 is 10.4 Å². The number of hydrazone groups is 1. The van der Waals surface area contributed by atoms with Gasteiger partial charge in [0.15, 0.2) is 0 Å². The Labute approximate surface area is 129 Å². The van der Waals surface area contributed by atoms with Gasteiger partial charge in [-0.05, 0) is 30.5 Å². The molecule has 0 aliphatic heterocycles. The quantitative estimate of drug-likeness (QED) is 0.569. The second-order valence-corrected chi connectivity index (χ2v) is 5.44. The molecule has 0 aromatic heterocycles. The number of benzene rings is 1. The van der Waals surface area contributed by atoms with Gasteiger partial charge in [-0.2, -0.15) is 5.10 Å². The maximum atomic E-state index is 11.9. The van der Waals surface area contributed by atoms with Crippen molar-refractivity contribution in [1.82, 2.24) is 10.7 Å². The van der Waals surface area contributed by atoms with Gasteiger partial charge in [0.05, 0.1) is 12.8 Å². The largest absolute Gasteiger partial charge is 0.508 e. The molecule has 1 fully saturated rings. The van der Waals surface area contributed by atoms with E-state index >= 15 is 0 Å². The number of phenolic OH excluding ortho intramolecular Hbond substituents is 1. The maximum Gasteiger partial charge on any atom is 0.259 e. The summed E-state index contributed by atoms with van der Waals surface area (Å²) in [5, 5.41) is 15.7. The highest BCUT2D eigenvalue weighted by Gasteiger charge is 2.21. The fourth-order valence-corrected chi connectivity index (χ4v) is 2.50. The number of nitrogens with zero attached hydrogens (tertiary/aromatic N) is 1. The van der Waals surface area contributed by atoms with E-state index in [1.165, 1.54) is 18.7 Å². The van der Waals surface area contributed by atoms with Crippen LogP contribution in [0, 0.1) is 5.92 Å². The predicted octanol–water partition coefficient (Wildman–Crippen LogP) is 1.54. The van der Waals surface area contributed by atoms with Crippen LogP contribution in [-0.4, -0.2) is 29.7 Å². The number of aromatic hydroxyl groups is 1. The lowest BCUT2D eigenvalue weighted by molar-refractivity contribution is -0.129. The van der Waals surface area contributed by atoms with Crippen LogP contribution in [0.4, 0.5) is 0 Å². The Morgan fingerprint density at radius 1 is 1.27 bits per heavy atom. The first-order valence-electron chi connectivity index (χ1n) is 7.54. The van der Waals surface area contributed by atoms with Crippen molar-refractivity contribution in [2.24, 2.45) is 11.0 Å². The molecular weight excluding hydrogens is 282 g/mol. The van der Waals surface area contributed by atoms with E-state index in [-0.39, 0.29) is 30.0 Å².